The molecule has 1 N–H and O–H groups in total. The number of esters is 1. The molecule has 7 nitrogen and oxygen atoms in total. The number of nitrogens with one attached hydrogen (secondary N) is 1. The van der Waals surface area contributed by atoms with Crippen molar-refractivity contribution >= 4 is 11.9 Å². The Hall–Kier alpha value is -3.22. The van der Waals surface area contributed by atoms with Gasteiger partial charge in [0.25, 0.3) is 5.91 Å². The Morgan fingerprint density at radius 1 is 1.07 bits per heavy atom. The van der Waals surface area contributed by atoms with Crippen LogP contribution >= 0.6 is 0 Å². The third-order valence-electron chi connectivity index (χ3n) is 4.78. The summed E-state index contributed by atoms with van der Waals surface area (Å²) in [5.74, 6) is 0.894. The number of carbonyl (C=O) groups excluding carboxylic acids is 2. The summed E-state index contributed by atoms with van der Waals surface area (Å²) in [4.78, 5) is 24.8. The molecule has 3 rings (SSSR count). The van der Waals surface area contributed by atoms with Gasteiger partial charge in [0.1, 0.15) is 11.3 Å². The van der Waals surface area contributed by atoms with Gasteiger partial charge in [0.2, 0.25) is 0 Å². The fraction of sp³-hybridized carbons (Fsp3) is 0.391. The first-order valence-corrected chi connectivity index (χ1v) is 9.98. The monoisotopic (exact) mass is 413 g/mol. The second-order valence-electron chi connectivity index (χ2n) is 7.32. The van der Waals surface area contributed by atoms with Crippen LogP contribution in [0, 0.1) is 5.92 Å². The molecule has 0 aromatic heterocycles. The predicted octanol–water partition coefficient (Wildman–Crippen LogP) is 3.53. The van der Waals surface area contributed by atoms with Crippen molar-refractivity contribution in [3.63, 3.8) is 0 Å². The summed E-state index contributed by atoms with van der Waals surface area (Å²) >= 11 is 0. The van der Waals surface area contributed by atoms with Crippen molar-refractivity contribution in [1.29, 1.82) is 0 Å². The first-order valence-electron chi connectivity index (χ1n) is 9.98. The lowest BCUT2D eigenvalue weighted by atomic mass is 9.95. The number of fused-ring (bicyclic) bond motifs is 1. The van der Waals surface area contributed by atoms with Crippen molar-refractivity contribution in [1.82, 2.24) is 5.32 Å². The molecule has 1 amide bonds. The average Bonchev–Trinajstić information content (AvgIpc) is 3.00. The van der Waals surface area contributed by atoms with Crippen LogP contribution < -0.4 is 19.5 Å². The van der Waals surface area contributed by atoms with Gasteiger partial charge in [-0.05, 0) is 35.7 Å². The molecule has 2 aromatic rings. The lowest BCUT2D eigenvalue weighted by Crippen LogP contribution is -2.35. The van der Waals surface area contributed by atoms with Gasteiger partial charge in [0.15, 0.2) is 18.1 Å². The maximum absolute atomic E-state index is 12.5. The number of carbonyl (C=O) groups is 2. The largest absolute Gasteiger partial charge is 0.496 e. The van der Waals surface area contributed by atoms with Crippen LogP contribution in [0.15, 0.2) is 42.5 Å². The minimum Gasteiger partial charge on any atom is -0.496 e. The molecule has 0 unspecified atom stereocenters. The van der Waals surface area contributed by atoms with E-state index in [0.29, 0.717) is 30.5 Å². The van der Waals surface area contributed by atoms with Gasteiger partial charge in [0, 0.05) is 6.42 Å². The smallest absolute Gasteiger partial charge is 0.342 e. The quantitative estimate of drug-likeness (QED) is 0.700. The molecule has 1 aliphatic heterocycles. The Kier molecular flexibility index (Phi) is 7.17. The molecule has 0 bridgehead atoms. The van der Waals surface area contributed by atoms with Crippen LogP contribution in [-0.4, -0.2) is 38.8 Å². The number of benzene rings is 2. The fourth-order valence-corrected chi connectivity index (χ4v) is 3.25. The lowest BCUT2D eigenvalue weighted by Gasteiger charge is -2.24. The molecule has 1 heterocycles. The van der Waals surface area contributed by atoms with Crippen molar-refractivity contribution in [3.8, 4) is 17.2 Å². The highest BCUT2D eigenvalue weighted by atomic mass is 16.5. The van der Waals surface area contributed by atoms with Crippen LogP contribution in [0.5, 0.6) is 17.2 Å². The first-order chi connectivity index (χ1) is 14.5. The predicted molar refractivity (Wildman–Crippen MR) is 111 cm³/mol. The second kappa shape index (κ2) is 10.0. The third kappa shape index (κ3) is 5.23. The van der Waals surface area contributed by atoms with Crippen molar-refractivity contribution in [3.05, 3.63) is 53.6 Å². The SMILES string of the molecule is COc1ccccc1C(=O)OCC(=O)N[C@H](c1ccc2c(c1)OCCCO2)C(C)C. The molecular formula is C23H27NO6. The van der Waals surface area contributed by atoms with Crippen LogP contribution in [-0.2, 0) is 9.53 Å². The molecule has 0 saturated heterocycles. The zero-order chi connectivity index (χ0) is 21.5. The number of ether oxygens (including phenoxy) is 4. The zero-order valence-corrected chi connectivity index (χ0v) is 17.5. The zero-order valence-electron chi connectivity index (χ0n) is 17.5. The van der Waals surface area contributed by atoms with Crippen LogP contribution in [0.4, 0.5) is 0 Å². The van der Waals surface area contributed by atoms with Crippen LogP contribution in [0.25, 0.3) is 0 Å². The number of amides is 1. The molecule has 0 spiro atoms. The molecule has 1 aliphatic rings. The van der Waals surface area contributed by atoms with Crippen molar-refractivity contribution < 1.29 is 28.5 Å². The normalized spacial score (nSPS) is 13.9. The van der Waals surface area contributed by atoms with Gasteiger partial charge in [-0.1, -0.05) is 32.0 Å². The van der Waals surface area contributed by atoms with Crippen LogP contribution in [0.2, 0.25) is 0 Å². The lowest BCUT2D eigenvalue weighted by molar-refractivity contribution is -0.125. The summed E-state index contributed by atoms with van der Waals surface area (Å²) in [6, 6.07) is 12.1. The molecule has 0 saturated carbocycles. The van der Waals surface area contributed by atoms with Crippen molar-refractivity contribution in [2.45, 2.75) is 26.3 Å². The van der Waals surface area contributed by atoms with E-state index in [4.69, 9.17) is 18.9 Å². The fourth-order valence-electron chi connectivity index (χ4n) is 3.25. The Morgan fingerprint density at radius 2 is 1.80 bits per heavy atom. The van der Waals surface area contributed by atoms with E-state index >= 15 is 0 Å². The number of para-hydroxylation sites is 1. The molecule has 0 radical (unpaired) electrons. The Balaban J connectivity index is 1.64. The van der Waals surface area contributed by atoms with E-state index in [1.807, 2.05) is 32.0 Å². The van der Waals surface area contributed by atoms with Gasteiger partial charge in [0.05, 0.1) is 26.4 Å². The molecule has 0 aliphatic carbocycles. The number of hydrogen-bond acceptors (Lipinski definition) is 6. The molecule has 1 atom stereocenters. The molecule has 30 heavy (non-hydrogen) atoms. The molecule has 2 aromatic carbocycles. The van der Waals surface area contributed by atoms with E-state index in [0.717, 1.165) is 12.0 Å². The van der Waals surface area contributed by atoms with Crippen molar-refractivity contribution in [2.75, 3.05) is 26.9 Å². The van der Waals surface area contributed by atoms with E-state index < -0.39 is 5.97 Å². The van der Waals surface area contributed by atoms with E-state index in [1.54, 1.807) is 24.3 Å². The third-order valence-corrected chi connectivity index (χ3v) is 4.78. The topological polar surface area (TPSA) is 83.1 Å². The standard InChI is InChI=1S/C23H27NO6/c1-15(2)22(16-9-10-19-20(13-16)29-12-6-11-28-19)24-21(25)14-30-23(26)17-7-4-5-8-18(17)27-3/h4-5,7-10,13,15,22H,6,11-12,14H2,1-3H3,(H,24,25)/t22-/m0/s1. The van der Waals surface area contributed by atoms with E-state index in [9.17, 15) is 9.59 Å². The Morgan fingerprint density at radius 3 is 2.53 bits per heavy atom. The summed E-state index contributed by atoms with van der Waals surface area (Å²) in [7, 11) is 1.47. The summed E-state index contributed by atoms with van der Waals surface area (Å²) in [6.45, 7) is 4.84. The van der Waals surface area contributed by atoms with Gasteiger partial charge in [-0.2, -0.15) is 0 Å². The molecule has 160 valence electrons. The highest BCUT2D eigenvalue weighted by Crippen LogP contribution is 2.34. The van der Waals surface area contributed by atoms with Crippen LogP contribution in [0.1, 0.15) is 42.2 Å². The van der Waals surface area contributed by atoms with E-state index in [1.165, 1.54) is 7.11 Å². The van der Waals surface area contributed by atoms with Gasteiger partial charge in [-0.3, -0.25) is 4.79 Å². The van der Waals surface area contributed by atoms with Gasteiger partial charge in [-0.25, -0.2) is 4.79 Å². The number of hydrogen-bond donors (Lipinski definition) is 1. The highest BCUT2D eigenvalue weighted by molar-refractivity contribution is 5.94. The second-order valence-corrected chi connectivity index (χ2v) is 7.32. The minimum absolute atomic E-state index is 0.114. The van der Waals surface area contributed by atoms with Crippen LogP contribution in [0.3, 0.4) is 0 Å². The summed E-state index contributed by atoms with van der Waals surface area (Å²) in [5, 5.41) is 2.95. The van der Waals surface area contributed by atoms with Gasteiger partial charge in [-0.15, -0.1) is 0 Å². The number of rotatable bonds is 7. The van der Waals surface area contributed by atoms with E-state index in [2.05, 4.69) is 5.32 Å². The molecular weight excluding hydrogens is 386 g/mol. The molecule has 7 heteroatoms. The maximum atomic E-state index is 12.5. The highest BCUT2D eigenvalue weighted by Gasteiger charge is 2.22. The Bertz CT molecular complexity index is 895. The average molecular weight is 413 g/mol. The summed E-state index contributed by atoms with van der Waals surface area (Å²) in [5.41, 5.74) is 1.18. The summed E-state index contributed by atoms with van der Waals surface area (Å²) in [6.07, 6.45) is 0.825. The summed E-state index contributed by atoms with van der Waals surface area (Å²) < 4.78 is 21.8. The van der Waals surface area contributed by atoms with E-state index in [-0.39, 0.29) is 30.0 Å². The van der Waals surface area contributed by atoms with Crippen molar-refractivity contribution in [2.24, 2.45) is 5.92 Å². The number of methoxy groups -OCH3 is 1. The minimum atomic E-state index is -0.612. The maximum Gasteiger partial charge on any atom is 0.342 e. The first kappa shape index (κ1) is 21.5. The van der Waals surface area contributed by atoms with Gasteiger partial charge >= 0.3 is 5.97 Å². The van der Waals surface area contributed by atoms with Gasteiger partial charge < -0.3 is 24.3 Å². The Labute approximate surface area is 176 Å². The molecule has 0 fully saturated rings.